The first-order valence-electron chi connectivity index (χ1n) is 9.93. The fourth-order valence-electron chi connectivity index (χ4n) is 3.65. The standard InChI is InChI=1S/C22H24N4O5.H2O/c1-22(2,3)15-11-13(26-8-7-18(27)24-21(26)28)10-14(19(15)30-4)20-23-16-6-5-12(25-29)9-17(16)31-20;/h5-6,9-11,25,29H,7-8H2,1-4H3,(H,24,27,28);1H2/p+1. The molecule has 1 fully saturated rings. The van der Waals surface area contributed by atoms with Crippen LogP contribution in [0.5, 0.6) is 5.75 Å². The smallest absolute Gasteiger partial charge is 0.328 e. The molecular formula is C22H27N4O6+. The van der Waals surface area contributed by atoms with Crippen LogP contribution in [0.3, 0.4) is 0 Å². The Bertz CT molecular complexity index is 1180. The summed E-state index contributed by atoms with van der Waals surface area (Å²) in [7, 11) is 1.58. The van der Waals surface area contributed by atoms with Gasteiger partial charge in [-0.15, -0.1) is 0 Å². The van der Waals surface area contributed by atoms with E-state index in [0.717, 1.165) is 11.0 Å². The number of quaternary nitrogens is 1. The normalized spacial score (nSPS) is 14.3. The number of amides is 3. The average Bonchev–Trinajstić information content (AvgIpc) is 3.15. The number of hydrogen-bond donors (Lipinski definition) is 3. The van der Waals surface area contributed by atoms with Gasteiger partial charge in [-0.05, 0) is 23.6 Å². The Kier molecular flexibility index (Phi) is 6.22. The molecule has 4 rings (SSSR count). The summed E-state index contributed by atoms with van der Waals surface area (Å²) in [6.07, 6.45) is 0.223. The minimum absolute atomic E-state index is 0. The second kappa shape index (κ2) is 8.58. The highest BCUT2D eigenvalue weighted by Crippen LogP contribution is 2.43. The van der Waals surface area contributed by atoms with Crippen molar-refractivity contribution < 1.29 is 34.9 Å². The summed E-state index contributed by atoms with van der Waals surface area (Å²) < 4.78 is 11.8. The topological polar surface area (TPSA) is 153 Å². The lowest BCUT2D eigenvalue weighted by Gasteiger charge is -2.30. The quantitative estimate of drug-likeness (QED) is 0.414. The molecule has 3 amide bonds. The number of carbonyl (C=O) groups excluding carboxylic acids is 2. The van der Waals surface area contributed by atoms with Gasteiger partial charge >= 0.3 is 6.03 Å². The lowest BCUT2D eigenvalue weighted by Crippen LogP contribution is -2.73. The summed E-state index contributed by atoms with van der Waals surface area (Å²) in [6.45, 7) is 6.43. The zero-order valence-electron chi connectivity index (χ0n) is 18.4. The van der Waals surface area contributed by atoms with E-state index < -0.39 is 6.03 Å². The van der Waals surface area contributed by atoms with Gasteiger partial charge in [0.25, 0.3) is 0 Å². The van der Waals surface area contributed by atoms with E-state index in [9.17, 15) is 14.8 Å². The summed E-state index contributed by atoms with van der Waals surface area (Å²) in [5, 5.41) is 11.6. The van der Waals surface area contributed by atoms with Crippen molar-refractivity contribution in [1.29, 1.82) is 0 Å². The number of rotatable bonds is 4. The molecule has 0 aliphatic carbocycles. The minimum Gasteiger partial charge on any atom is -0.496 e. The number of nitrogens with zero attached hydrogens (tertiary/aromatic N) is 2. The van der Waals surface area contributed by atoms with E-state index in [4.69, 9.17) is 9.15 Å². The summed E-state index contributed by atoms with van der Waals surface area (Å²) >= 11 is 0. The third-order valence-corrected chi connectivity index (χ3v) is 5.24. The first-order valence-corrected chi connectivity index (χ1v) is 9.93. The van der Waals surface area contributed by atoms with Crippen LogP contribution in [0.15, 0.2) is 34.7 Å². The molecule has 1 saturated heterocycles. The van der Waals surface area contributed by atoms with Gasteiger partial charge < -0.3 is 14.6 Å². The molecular weight excluding hydrogens is 416 g/mol. The number of carbonyl (C=O) groups is 2. The first-order chi connectivity index (χ1) is 14.7. The third-order valence-electron chi connectivity index (χ3n) is 5.24. The lowest BCUT2D eigenvalue weighted by molar-refractivity contribution is -0.825. The van der Waals surface area contributed by atoms with E-state index in [0.29, 0.717) is 39.7 Å². The Labute approximate surface area is 184 Å². The van der Waals surface area contributed by atoms with Crippen molar-refractivity contribution in [3.8, 4) is 17.2 Å². The highest BCUT2D eigenvalue weighted by atomic mass is 16.5. The number of fused-ring (bicyclic) bond motifs is 1. The zero-order valence-corrected chi connectivity index (χ0v) is 18.4. The van der Waals surface area contributed by atoms with Crippen molar-refractivity contribution in [2.75, 3.05) is 18.6 Å². The van der Waals surface area contributed by atoms with Crippen LogP contribution in [0.25, 0.3) is 22.6 Å². The fourth-order valence-corrected chi connectivity index (χ4v) is 3.65. The third kappa shape index (κ3) is 4.15. The number of imide groups is 1. The van der Waals surface area contributed by atoms with Gasteiger partial charge in [0.2, 0.25) is 11.8 Å². The highest BCUT2D eigenvalue weighted by Gasteiger charge is 2.30. The van der Waals surface area contributed by atoms with Crippen LogP contribution in [0.2, 0.25) is 0 Å². The minimum atomic E-state index is -0.465. The Morgan fingerprint density at radius 2 is 1.97 bits per heavy atom. The van der Waals surface area contributed by atoms with Gasteiger partial charge in [0, 0.05) is 36.3 Å². The number of oxazole rings is 1. The molecule has 0 bridgehead atoms. The summed E-state index contributed by atoms with van der Waals surface area (Å²) in [6, 6.07) is 8.41. The van der Waals surface area contributed by atoms with Gasteiger partial charge in [0.15, 0.2) is 11.3 Å². The first kappa shape index (κ1) is 23.2. The average molecular weight is 443 g/mol. The molecule has 0 spiro atoms. The number of anilines is 1. The van der Waals surface area contributed by atoms with Crippen molar-refractivity contribution in [3.63, 3.8) is 0 Å². The molecule has 3 aromatic rings. The Hall–Kier alpha value is -3.47. The second-order valence-corrected chi connectivity index (χ2v) is 8.45. The summed E-state index contributed by atoms with van der Waals surface area (Å²) in [5.41, 5.74) is 4.54. The van der Waals surface area contributed by atoms with E-state index >= 15 is 0 Å². The number of methoxy groups -OCH3 is 1. The number of urea groups is 1. The molecule has 170 valence electrons. The molecule has 0 atom stereocenters. The monoisotopic (exact) mass is 443 g/mol. The molecule has 1 aliphatic heterocycles. The maximum Gasteiger partial charge on any atom is 0.328 e. The zero-order chi connectivity index (χ0) is 22.3. The van der Waals surface area contributed by atoms with Crippen LogP contribution in [0, 0.1) is 0 Å². The molecule has 0 saturated carbocycles. The van der Waals surface area contributed by atoms with E-state index in [1.165, 1.54) is 4.90 Å². The van der Waals surface area contributed by atoms with Gasteiger partial charge in [-0.3, -0.25) is 15.0 Å². The van der Waals surface area contributed by atoms with Crippen molar-refractivity contribution >= 4 is 34.4 Å². The Morgan fingerprint density at radius 3 is 2.59 bits per heavy atom. The van der Waals surface area contributed by atoms with Crippen molar-refractivity contribution in [3.05, 3.63) is 35.9 Å². The van der Waals surface area contributed by atoms with E-state index in [2.05, 4.69) is 10.3 Å². The van der Waals surface area contributed by atoms with Crippen molar-refractivity contribution in [2.24, 2.45) is 0 Å². The number of nitrogens with one attached hydrogen (secondary N) is 1. The Balaban J connectivity index is 0.00000289. The maximum atomic E-state index is 12.5. The van der Waals surface area contributed by atoms with Gasteiger partial charge in [0.05, 0.1) is 12.7 Å². The predicted octanol–water partition coefficient (Wildman–Crippen LogP) is 2.01. The molecule has 0 radical (unpaired) electrons. The molecule has 10 heteroatoms. The molecule has 10 nitrogen and oxygen atoms in total. The maximum absolute atomic E-state index is 12.5. The number of hydrogen-bond acceptors (Lipinski definition) is 6. The van der Waals surface area contributed by atoms with Crippen LogP contribution in [-0.2, 0) is 10.2 Å². The van der Waals surface area contributed by atoms with Gasteiger partial charge in [-0.2, -0.15) is 5.48 Å². The Morgan fingerprint density at radius 1 is 1.22 bits per heavy atom. The molecule has 2 heterocycles. The second-order valence-electron chi connectivity index (χ2n) is 8.45. The summed E-state index contributed by atoms with van der Waals surface area (Å²) in [4.78, 5) is 30.2. The largest absolute Gasteiger partial charge is 0.496 e. The molecule has 0 unspecified atom stereocenters. The van der Waals surface area contributed by atoms with E-state index in [1.807, 2.05) is 26.8 Å². The van der Waals surface area contributed by atoms with Gasteiger partial charge in [0.1, 0.15) is 11.3 Å². The number of aromatic nitrogens is 1. The molecule has 1 aromatic heterocycles. The fraction of sp³-hybridized carbons (Fsp3) is 0.318. The van der Waals surface area contributed by atoms with Gasteiger partial charge in [-0.1, -0.05) is 20.8 Å². The van der Waals surface area contributed by atoms with Crippen LogP contribution in [0.1, 0.15) is 32.8 Å². The molecule has 32 heavy (non-hydrogen) atoms. The summed E-state index contributed by atoms with van der Waals surface area (Å²) in [5.74, 6) is 0.648. The van der Waals surface area contributed by atoms with E-state index in [1.54, 1.807) is 31.4 Å². The van der Waals surface area contributed by atoms with Crippen LogP contribution in [0.4, 0.5) is 16.2 Å². The number of benzene rings is 2. The number of ether oxygens (including phenoxy) is 1. The van der Waals surface area contributed by atoms with Gasteiger partial charge in [-0.25, -0.2) is 15.0 Å². The van der Waals surface area contributed by atoms with Crippen molar-refractivity contribution in [1.82, 2.24) is 10.3 Å². The van der Waals surface area contributed by atoms with Crippen LogP contribution < -0.4 is 20.4 Å². The van der Waals surface area contributed by atoms with E-state index in [-0.39, 0.29) is 29.8 Å². The van der Waals surface area contributed by atoms with Crippen LogP contribution >= 0.6 is 0 Å². The molecule has 6 N–H and O–H groups in total. The lowest BCUT2D eigenvalue weighted by atomic mass is 9.84. The SMILES string of the molecule is COc1c(-c2nc3ccc([NH2+]O)cc3o2)cc(N2CCC(=O)NC2=O)cc1C(C)(C)C.O. The van der Waals surface area contributed by atoms with Crippen molar-refractivity contribution in [2.45, 2.75) is 32.6 Å². The molecule has 2 aromatic carbocycles. The molecule has 1 aliphatic rings. The highest BCUT2D eigenvalue weighted by molar-refractivity contribution is 6.06. The predicted molar refractivity (Wildman–Crippen MR) is 117 cm³/mol. The van der Waals surface area contributed by atoms with Crippen LogP contribution in [-0.4, -0.2) is 41.3 Å². The number of nitrogens with two attached hydrogens (primary N) is 1.